The highest BCUT2D eigenvalue weighted by atomic mass is 32.2. The van der Waals surface area contributed by atoms with E-state index in [9.17, 15) is 13.2 Å². The van der Waals surface area contributed by atoms with Gasteiger partial charge in [-0.2, -0.15) is 4.31 Å². The molecule has 0 bridgehead atoms. The van der Waals surface area contributed by atoms with Crippen LogP contribution in [0, 0.1) is 6.92 Å². The number of hydrogen-bond acceptors (Lipinski definition) is 5. The van der Waals surface area contributed by atoms with Gasteiger partial charge in [0.2, 0.25) is 15.9 Å². The Morgan fingerprint density at radius 1 is 1.23 bits per heavy atom. The number of ether oxygens (including phenoxy) is 2. The topological polar surface area (TPSA) is 84.9 Å². The Balaban J connectivity index is 1.74. The molecule has 0 fully saturated rings. The van der Waals surface area contributed by atoms with Crippen molar-refractivity contribution in [2.45, 2.75) is 43.7 Å². The second-order valence-corrected chi connectivity index (χ2v) is 10.2. The fourth-order valence-electron chi connectivity index (χ4n) is 3.56. The summed E-state index contributed by atoms with van der Waals surface area (Å²) in [6.07, 6.45) is 0.587. The maximum Gasteiger partial charge on any atom is 0.243 e. The summed E-state index contributed by atoms with van der Waals surface area (Å²) < 4.78 is 37.7. The number of methoxy groups -OCH3 is 1. The van der Waals surface area contributed by atoms with Crippen molar-refractivity contribution >= 4 is 15.9 Å². The molecule has 0 aromatic heterocycles. The minimum atomic E-state index is -3.80. The molecule has 1 aliphatic rings. The smallest absolute Gasteiger partial charge is 0.243 e. The Labute approximate surface area is 178 Å². The Bertz CT molecular complexity index is 1030. The van der Waals surface area contributed by atoms with E-state index in [0.29, 0.717) is 12.2 Å². The fourth-order valence-corrected chi connectivity index (χ4v) is 4.68. The van der Waals surface area contributed by atoms with Crippen molar-refractivity contribution in [1.29, 1.82) is 0 Å². The normalized spacial score (nSPS) is 17.7. The number of aryl methyl sites for hydroxylation is 1. The molecule has 1 aliphatic heterocycles. The number of sulfonamides is 1. The first-order valence-electron chi connectivity index (χ1n) is 9.71. The number of hydrogen-bond donors (Lipinski definition) is 1. The van der Waals surface area contributed by atoms with Gasteiger partial charge in [0.1, 0.15) is 17.1 Å². The van der Waals surface area contributed by atoms with Crippen molar-refractivity contribution in [2.75, 3.05) is 20.7 Å². The first-order chi connectivity index (χ1) is 14.0. The van der Waals surface area contributed by atoms with Crippen LogP contribution in [0.2, 0.25) is 0 Å². The molecule has 2 aromatic rings. The summed E-state index contributed by atoms with van der Waals surface area (Å²) in [5.41, 5.74) is 1.53. The van der Waals surface area contributed by atoms with E-state index in [-0.39, 0.29) is 23.4 Å². The molecule has 1 heterocycles. The van der Waals surface area contributed by atoms with Crippen LogP contribution in [0.5, 0.6) is 11.5 Å². The van der Waals surface area contributed by atoms with E-state index in [1.807, 2.05) is 39.0 Å². The Kier molecular flexibility index (Phi) is 6.10. The molecule has 1 atom stereocenters. The van der Waals surface area contributed by atoms with E-state index in [4.69, 9.17) is 9.47 Å². The first-order valence-corrected chi connectivity index (χ1v) is 11.2. The molecule has 2 aromatic carbocycles. The van der Waals surface area contributed by atoms with Crippen LogP contribution in [0.1, 0.15) is 37.4 Å². The maximum absolute atomic E-state index is 12.8. The van der Waals surface area contributed by atoms with Crippen LogP contribution in [0.25, 0.3) is 0 Å². The number of nitrogens with zero attached hydrogens (tertiary/aromatic N) is 1. The fraction of sp³-hybridized carbons (Fsp3) is 0.409. The van der Waals surface area contributed by atoms with Gasteiger partial charge in [0.15, 0.2) is 0 Å². The highest BCUT2D eigenvalue weighted by Gasteiger charge is 2.35. The summed E-state index contributed by atoms with van der Waals surface area (Å²) in [5.74, 6) is 0.927. The molecular formula is C22H28N2O5S. The summed E-state index contributed by atoms with van der Waals surface area (Å²) in [5, 5.41) is 2.99. The molecule has 1 amide bonds. The van der Waals surface area contributed by atoms with Crippen LogP contribution in [-0.4, -0.2) is 44.9 Å². The highest BCUT2D eigenvalue weighted by Crippen LogP contribution is 2.39. The van der Waals surface area contributed by atoms with Crippen molar-refractivity contribution in [3.05, 3.63) is 53.6 Å². The lowest BCUT2D eigenvalue weighted by molar-refractivity contribution is -0.122. The van der Waals surface area contributed by atoms with Gasteiger partial charge in [-0.25, -0.2) is 8.42 Å². The molecule has 1 unspecified atom stereocenters. The van der Waals surface area contributed by atoms with Crippen molar-refractivity contribution in [2.24, 2.45) is 0 Å². The average molecular weight is 433 g/mol. The quantitative estimate of drug-likeness (QED) is 0.758. The van der Waals surface area contributed by atoms with Gasteiger partial charge in [-0.1, -0.05) is 17.7 Å². The van der Waals surface area contributed by atoms with Crippen LogP contribution in [0.15, 0.2) is 47.4 Å². The number of fused-ring (bicyclic) bond motifs is 1. The molecule has 7 nitrogen and oxygen atoms in total. The lowest BCUT2D eigenvalue weighted by Gasteiger charge is -2.38. The summed E-state index contributed by atoms with van der Waals surface area (Å²) in [7, 11) is -0.893. The second kappa shape index (κ2) is 8.28. The SMILES string of the molecule is COc1ccc(S(=O)(=O)N(C)CC(=O)NC2CC(C)(C)Oc3ccc(C)cc32)cc1. The minimum absolute atomic E-state index is 0.103. The lowest BCUT2D eigenvalue weighted by Crippen LogP contribution is -2.44. The minimum Gasteiger partial charge on any atom is -0.497 e. The van der Waals surface area contributed by atoms with Gasteiger partial charge < -0.3 is 14.8 Å². The third kappa shape index (κ3) is 4.76. The van der Waals surface area contributed by atoms with E-state index in [1.54, 1.807) is 12.1 Å². The molecule has 8 heteroatoms. The third-order valence-corrected chi connectivity index (χ3v) is 6.91. The predicted octanol–water partition coefficient (Wildman–Crippen LogP) is 3.04. The summed E-state index contributed by atoms with van der Waals surface area (Å²) in [4.78, 5) is 12.8. The summed E-state index contributed by atoms with van der Waals surface area (Å²) in [6, 6.07) is 11.7. The van der Waals surface area contributed by atoms with Crippen LogP contribution in [0.3, 0.4) is 0 Å². The number of rotatable bonds is 6. The summed E-state index contributed by atoms with van der Waals surface area (Å²) >= 11 is 0. The van der Waals surface area contributed by atoms with Crippen LogP contribution >= 0.6 is 0 Å². The molecule has 0 aliphatic carbocycles. The molecule has 1 N–H and O–H groups in total. The van der Waals surface area contributed by atoms with Gasteiger partial charge in [-0.3, -0.25) is 4.79 Å². The monoisotopic (exact) mass is 432 g/mol. The molecule has 0 saturated heterocycles. The standard InChI is InChI=1S/C22H28N2O5S/c1-15-6-11-20-18(12-15)19(13-22(2,3)29-20)23-21(25)14-24(4)30(26,27)17-9-7-16(28-5)8-10-17/h6-12,19H,13-14H2,1-5H3,(H,23,25). The molecule has 162 valence electrons. The van der Waals surface area contributed by atoms with E-state index >= 15 is 0 Å². The van der Waals surface area contributed by atoms with Crippen molar-refractivity contribution < 1.29 is 22.7 Å². The molecular weight excluding hydrogens is 404 g/mol. The number of amides is 1. The first kappa shape index (κ1) is 22.1. The maximum atomic E-state index is 12.8. The zero-order valence-electron chi connectivity index (χ0n) is 17.9. The molecule has 0 radical (unpaired) electrons. The van der Waals surface area contributed by atoms with E-state index in [0.717, 1.165) is 21.2 Å². The number of carbonyl (C=O) groups excluding carboxylic acids is 1. The zero-order chi connectivity index (χ0) is 22.1. The van der Waals surface area contributed by atoms with Crippen LogP contribution in [0.4, 0.5) is 0 Å². The Hall–Kier alpha value is -2.58. The van der Waals surface area contributed by atoms with Crippen molar-refractivity contribution in [3.8, 4) is 11.5 Å². The van der Waals surface area contributed by atoms with Crippen LogP contribution in [-0.2, 0) is 14.8 Å². The summed E-state index contributed by atoms with van der Waals surface area (Å²) in [6.45, 7) is 5.63. The van der Waals surface area contributed by atoms with Crippen molar-refractivity contribution in [1.82, 2.24) is 9.62 Å². The second-order valence-electron chi connectivity index (χ2n) is 8.16. The number of carbonyl (C=O) groups is 1. The van der Waals surface area contributed by atoms with Gasteiger partial charge in [0.25, 0.3) is 0 Å². The Morgan fingerprint density at radius 3 is 2.53 bits per heavy atom. The molecule has 3 rings (SSSR count). The van der Waals surface area contributed by atoms with Gasteiger partial charge in [-0.15, -0.1) is 0 Å². The van der Waals surface area contributed by atoms with Crippen LogP contribution < -0.4 is 14.8 Å². The predicted molar refractivity (Wildman–Crippen MR) is 114 cm³/mol. The van der Waals surface area contributed by atoms with E-state index in [2.05, 4.69) is 5.32 Å². The Morgan fingerprint density at radius 2 is 1.90 bits per heavy atom. The number of nitrogens with one attached hydrogen (secondary N) is 1. The highest BCUT2D eigenvalue weighted by molar-refractivity contribution is 7.89. The third-order valence-electron chi connectivity index (χ3n) is 5.09. The van der Waals surface area contributed by atoms with E-state index in [1.165, 1.54) is 26.3 Å². The van der Waals surface area contributed by atoms with Gasteiger partial charge in [-0.05, 0) is 51.1 Å². The number of benzene rings is 2. The van der Waals surface area contributed by atoms with E-state index < -0.39 is 15.6 Å². The zero-order valence-corrected chi connectivity index (χ0v) is 18.7. The van der Waals surface area contributed by atoms with Gasteiger partial charge in [0, 0.05) is 19.0 Å². The lowest BCUT2D eigenvalue weighted by atomic mass is 9.89. The average Bonchev–Trinajstić information content (AvgIpc) is 2.67. The van der Waals surface area contributed by atoms with Gasteiger partial charge in [0.05, 0.1) is 24.6 Å². The number of likely N-dealkylation sites (N-methyl/N-ethyl adjacent to an activating group) is 1. The molecule has 30 heavy (non-hydrogen) atoms. The molecule has 0 spiro atoms. The molecule has 0 saturated carbocycles. The van der Waals surface area contributed by atoms with Crippen molar-refractivity contribution in [3.63, 3.8) is 0 Å². The largest absolute Gasteiger partial charge is 0.497 e. The van der Waals surface area contributed by atoms with Gasteiger partial charge >= 0.3 is 0 Å².